The Labute approximate surface area is 198 Å². The number of para-hydroxylation sites is 2. The van der Waals surface area contributed by atoms with Gasteiger partial charge in [0.25, 0.3) is 0 Å². The molecule has 0 spiro atoms. The van der Waals surface area contributed by atoms with Crippen LogP contribution in [0.2, 0.25) is 0 Å². The maximum atomic E-state index is 13.3. The van der Waals surface area contributed by atoms with E-state index in [1.54, 1.807) is 6.07 Å². The van der Waals surface area contributed by atoms with Crippen LogP contribution < -0.4 is 9.47 Å². The van der Waals surface area contributed by atoms with Gasteiger partial charge in [-0.15, -0.1) is 0 Å². The Bertz CT molecular complexity index is 1060. The molecule has 0 heterocycles. The Morgan fingerprint density at radius 2 is 1.54 bits per heavy atom. The molecule has 0 aliphatic rings. The second kappa shape index (κ2) is 9.00. The van der Waals surface area contributed by atoms with E-state index in [1.165, 1.54) is 12.1 Å². The van der Waals surface area contributed by atoms with Crippen molar-refractivity contribution >= 4 is 89.8 Å². The molecule has 0 atom stereocenters. The molecular weight excluding hydrogens is 743 g/mol. The van der Waals surface area contributed by atoms with Crippen LogP contribution >= 0.6 is 67.8 Å². The lowest BCUT2D eigenvalue weighted by Gasteiger charge is -2.18. The monoisotopic (exact) mass is 749 g/mol. The van der Waals surface area contributed by atoms with Crippen molar-refractivity contribution in [2.45, 2.75) is 5.25 Å². The Balaban J connectivity index is 2.33. The molecule has 0 aromatic heterocycles. The summed E-state index contributed by atoms with van der Waals surface area (Å²) in [6.07, 6.45) is 0. The van der Waals surface area contributed by atoms with Crippen LogP contribution in [-0.2, 0) is 14.9 Å². The number of rotatable bonds is 5. The smallest absolute Gasteiger partial charge is 0.429 e. The fourth-order valence-corrected chi connectivity index (χ4v) is 4.36. The molecule has 0 saturated heterocycles. The molecule has 0 aliphatic heterocycles. The first-order valence-electron chi connectivity index (χ1n) is 6.86. The third-order valence-electron chi connectivity index (χ3n) is 3.02. The van der Waals surface area contributed by atoms with E-state index >= 15 is 0 Å². The van der Waals surface area contributed by atoms with E-state index in [1.807, 2.05) is 73.8 Å². The van der Waals surface area contributed by atoms with Gasteiger partial charge in [0.05, 0.1) is 5.56 Å². The summed E-state index contributed by atoms with van der Waals surface area (Å²) in [4.78, 5) is 23.9. The number of carbonyl (C=O) groups is 2. The lowest BCUT2D eigenvalue weighted by atomic mass is 10.2. The lowest BCUT2D eigenvalue weighted by molar-refractivity contribution is -0.151. The minimum atomic E-state index is -6.28. The van der Waals surface area contributed by atoms with Crippen molar-refractivity contribution in [2.75, 3.05) is 0 Å². The molecule has 0 amide bonds. The highest BCUT2D eigenvalue weighted by atomic mass is 127. The highest BCUT2D eigenvalue weighted by Gasteiger charge is 2.49. The molecule has 13 heteroatoms. The van der Waals surface area contributed by atoms with Crippen LogP contribution in [0, 0.1) is 10.7 Å². The van der Waals surface area contributed by atoms with Gasteiger partial charge in [-0.25, -0.2) is 18.0 Å². The molecule has 150 valence electrons. The van der Waals surface area contributed by atoms with E-state index in [9.17, 15) is 31.3 Å². The van der Waals surface area contributed by atoms with Crippen LogP contribution in [-0.4, -0.2) is 30.2 Å². The van der Waals surface area contributed by atoms with Gasteiger partial charge in [0.15, 0.2) is 21.6 Å². The van der Waals surface area contributed by atoms with Gasteiger partial charge >= 0.3 is 17.2 Å². The predicted molar refractivity (Wildman–Crippen MR) is 116 cm³/mol. The Morgan fingerprint density at radius 3 is 2.07 bits per heavy atom. The molecule has 0 bridgehead atoms. The van der Waals surface area contributed by atoms with Crippen LogP contribution in [0.1, 0.15) is 10.4 Å². The quantitative estimate of drug-likeness (QED) is 0.151. The Morgan fingerprint density at radius 1 is 1.00 bits per heavy atom. The third kappa shape index (κ3) is 5.28. The molecule has 0 N–H and O–H groups in total. The summed E-state index contributed by atoms with van der Waals surface area (Å²) in [5.41, 5.74) is 0.186. The second-order valence-electron chi connectivity index (χ2n) is 4.95. The predicted octanol–water partition coefficient (Wildman–Crippen LogP) is 3.76. The SMILES string of the molecule is O=C(Oc1ccccc1OC(=O)C(F)(F)S(=O)(=O)[O-])c1cc(I)cc(I)c1I. The molecule has 0 aliphatic carbocycles. The number of hydrogen-bond acceptors (Lipinski definition) is 7. The summed E-state index contributed by atoms with van der Waals surface area (Å²) in [7, 11) is -6.28. The minimum Gasteiger partial charge on any atom is -0.743 e. The van der Waals surface area contributed by atoms with Gasteiger partial charge in [-0.3, -0.25) is 0 Å². The number of hydrogen-bond donors (Lipinski definition) is 0. The van der Waals surface area contributed by atoms with E-state index < -0.39 is 38.8 Å². The molecule has 2 rings (SSSR count). The van der Waals surface area contributed by atoms with Crippen molar-refractivity contribution in [3.05, 3.63) is 52.7 Å². The van der Waals surface area contributed by atoms with Gasteiger partial charge < -0.3 is 14.0 Å². The first-order valence-corrected chi connectivity index (χ1v) is 11.5. The van der Waals surface area contributed by atoms with E-state index in [0.29, 0.717) is 3.57 Å². The van der Waals surface area contributed by atoms with E-state index in [4.69, 9.17) is 4.74 Å². The molecule has 0 unspecified atom stereocenters. The van der Waals surface area contributed by atoms with Crippen LogP contribution in [0.4, 0.5) is 8.78 Å². The molecule has 0 saturated carbocycles. The van der Waals surface area contributed by atoms with Gasteiger partial charge in [0.2, 0.25) is 0 Å². The van der Waals surface area contributed by atoms with Gasteiger partial charge in [-0.1, -0.05) is 12.1 Å². The van der Waals surface area contributed by atoms with Crippen LogP contribution in [0.5, 0.6) is 11.5 Å². The third-order valence-corrected chi connectivity index (χ3v) is 7.48. The highest BCUT2D eigenvalue weighted by molar-refractivity contribution is 14.1. The molecule has 0 fully saturated rings. The summed E-state index contributed by atoms with van der Waals surface area (Å²) in [5, 5.41) is -5.30. The largest absolute Gasteiger partial charge is 0.743 e. The maximum absolute atomic E-state index is 13.3. The summed E-state index contributed by atoms with van der Waals surface area (Å²) >= 11 is 5.95. The summed E-state index contributed by atoms with van der Waals surface area (Å²) in [5.74, 6) is -4.53. The first-order chi connectivity index (χ1) is 12.8. The van der Waals surface area contributed by atoms with Crippen molar-refractivity contribution in [1.29, 1.82) is 0 Å². The average molecular weight is 749 g/mol. The van der Waals surface area contributed by atoms with Crippen LogP contribution in [0.3, 0.4) is 0 Å². The summed E-state index contributed by atoms with van der Waals surface area (Å²) in [6.45, 7) is 0. The molecule has 2 aromatic rings. The van der Waals surface area contributed by atoms with Crippen molar-refractivity contribution in [3.63, 3.8) is 0 Å². The zero-order valence-corrected chi connectivity index (χ0v) is 20.4. The molecule has 7 nitrogen and oxygen atoms in total. The minimum absolute atomic E-state index is 0.186. The Hall–Kier alpha value is -0.660. The maximum Gasteiger partial charge on any atom is 0.429 e. The fourth-order valence-electron chi connectivity index (χ4n) is 1.74. The van der Waals surface area contributed by atoms with Crippen molar-refractivity contribution < 1.29 is 40.8 Å². The van der Waals surface area contributed by atoms with Gasteiger partial charge in [-0.2, -0.15) is 8.78 Å². The fraction of sp³-hybridized carbons (Fsp3) is 0.0667. The lowest BCUT2D eigenvalue weighted by Crippen LogP contribution is -2.40. The van der Waals surface area contributed by atoms with E-state index in [-0.39, 0.29) is 5.56 Å². The standard InChI is InChI=1S/C15H7F2I3O7S/c16-15(17,28(23,24)25)14(22)27-11-4-2-1-3-10(11)26-13(21)8-5-7(18)6-9(19)12(8)20/h1-6H,(H,23,24,25)/p-1. The van der Waals surface area contributed by atoms with Crippen molar-refractivity contribution in [3.8, 4) is 11.5 Å². The average Bonchev–Trinajstić information content (AvgIpc) is 2.58. The van der Waals surface area contributed by atoms with Crippen LogP contribution in [0.15, 0.2) is 36.4 Å². The van der Waals surface area contributed by atoms with Gasteiger partial charge in [0, 0.05) is 10.7 Å². The number of alkyl halides is 2. The number of esters is 2. The van der Waals surface area contributed by atoms with Gasteiger partial charge in [-0.05, 0) is 92.0 Å². The number of halogens is 5. The van der Waals surface area contributed by atoms with E-state index in [0.717, 1.165) is 19.3 Å². The highest BCUT2D eigenvalue weighted by Crippen LogP contribution is 2.32. The zero-order valence-electron chi connectivity index (χ0n) is 13.1. The number of carbonyl (C=O) groups excluding carboxylic acids is 2. The zero-order chi connectivity index (χ0) is 21.3. The number of benzene rings is 2. The molecule has 28 heavy (non-hydrogen) atoms. The van der Waals surface area contributed by atoms with Gasteiger partial charge in [0.1, 0.15) is 0 Å². The molecule has 0 radical (unpaired) electrons. The number of ether oxygens (including phenoxy) is 2. The van der Waals surface area contributed by atoms with Crippen molar-refractivity contribution in [1.82, 2.24) is 0 Å². The summed E-state index contributed by atoms with van der Waals surface area (Å²) in [6, 6.07) is 8.14. The topological polar surface area (TPSA) is 110 Å². The normalized spacial score (nSPS) is 11.8. The first kappa shape index (κ1) is 23.6. The Kier molecular flexibility index (Phi) is 7.59. The molecule has 2 aromatic carbocycles. The van der Waals surface area contributed by atoms with E-state index in [2.05, 4.69) is 4.74 Å². The molecular formula is C15H6F2I3O7S-. The van der Waals surface area contributed by atoms with Crippen molar-refractivity contribution in [2.24, 2.45) is 0 Å². The summed E-state index contributed by atoms with van der Waals surface area (Å²) < 4.78 is 69.8. The van der Waals surface area contributed by atoms with Crippen LogP contribution in [0.25, 0.3) is 0 Å². The second-order valence-corrected chi connectivity index (χ2v) is 9.85.